The van der Waals surface area contributed by atoms with E-state index in [2.05, 4.69) is 5.10 Å². The summed E-state index contributed by atoms with van der Waals surface area (Å²) in [7, 11) is 0. The van der Waals surface area contributed by atoms with Crippen molar-refractivity contribution in [3.63, 3.8) is 0 Å². The molecule has 0 aliphatic carbocycles. The van der Waals surface area contributed by atoms with Crippen molar-refractivity contribution in [2.24, 2.45) is 5.73 Å². The van der Waals surface area contributed by atoms with Gasteiger partial charge < -0.3 is 20.6 Å². The number of hydrogen-bond acceptors (Lipinski definition) is 4. The number of piperazine rings is 1. The molecule has 1 aliphatic rings. The molecule has 1 aromatic heterocycles. The summed E-state index contributed by atoms with van der Waals surface area (Å²) in [6.45, 7) is 1.09. The third-order valence-corrected chi connectivity index (χ3v) is 2.86. The second kappa shape index (κ2) is 4.96. The van der Waals surface area contributed by atoms with E-state index in [9.17, 15) is 14.4 Å². The Bertz CT molecular complexity index is 518. The summed E-state index contributed by atoms with van der Waals surface area (Å²) in [6.07, 6.45) is 0.355. The lowest BCUT2D eigenvalue weighted by Crippen LogP contribution is -2.51. The van der Waals surface area contributed by atoms with Gasteiger partial charge in [0.25, 0.3) is 5.91 Å². The molecule has 9 heteroatoms. The van der Waals surface area contributed by atoms with Crippen molar-refractivity contribution in [3.8, 4) is 0 Å². The summed E-state index contributed by atoms with van der Waals surface area (Å²) in [5.74, 6) is -0.706. The predicted octanol–water partition coefficient (Wildman–Crippen LogP) is -0.754. The smallest absolute Gasteiger partial charge is 0.407 e. The maximum absolute atomic E-state index is 12.0. The van der Waals surface area contributed by atoms with E-state index in [4.69, 9.17) is 10.8 Å². The van der Waals surface area contributed by atoms with Crippen LogP contribution in [-0.2, 0) is 0 Å². The van der Waals surface area contributed by atoms with Gasteiger partial charge in [-0.05, 0) is 6.07 Å². The van der Waals surface area contributed by atoms with E-state index in [1.165, 1.54) is 22.1 Å². The van der Waals surface area contributed by atoms with E-state index < -0.39 is 18.0 Å². The number of primary amides is 1. The maximum Gasteiger partial charge on any atom is 0.407 e. The van der Waals surface area contributed by atoms with E-state index in [1.54, 1.807) is 0 Å². The highest BCUT2D eigenvalue weighted by atomic mass is 16.4. The number of carbonyl (C=O) groups excluding carboxylic acids is 2. The first-order valence-corrected chi connectivity index (χ1v) is 5.61. The third-order valence-electron chi connectivity index (χ3n) is 2.86. The van der Waals surface area contributed by atoms with Crippen LogP contribution in [0.1, 0.15) is 10.5 Å². The van der Waals surface area contributed by atoms with Crippen molar-refractivity contribution < 1.29 is 19.5 Å². The average molecular weight is 267 g/mol. The molecule has 2 rings (SSSR count). The van der Waals surface area contributed by atoms with Crippen molar-refractivity contribution in [2.75, 3.05) is 26.2 Å². The van der Waals surface area contributed by atoms with E-state index >= 15 is 0 Å². The normalized spacial score (nSPS) is 15.4. The van der Waals surface area contributed by atoms with Crippen LogP contribution in [0, 0.1) is 0 Å². The first-order valence-electron chi connectivity index (χ1n) is 5.61. The number of nitrogens with zero attached hydrogens (tertiary/aromatic N) is 4. The van der Waals surface area contributed by atoms with E-state index in [0.717, 1.165) is 4.68 Å². The van der Waals surface area contributed by atoms with Crippen LogP contribution in [0.3, 0.4) is 0 Å². The molecule has 0 spiro atoms. The largest absolute Gasteiger partial charge is 0.465 e. The Balaban J connectivity index is 2.01. The Hall–Kier alpha value is -2.58. The Kier molecular flexibility index (Phi) is 3.36. The summed E-state index contributed by atoms with van der Waals surface area (Å²) < 4.78 is 1.02. The molecule has 0 atom stereocenters. The minimum atomic E-state index is -0.998. The van der Waals surface area contributed by atoms with E-state index in [0.29, 0.717) is 0 Å². The van der Waals surface area contributed by atoms with Crippen LogP contribution in [-0.4, -0.2) is 68.9 Å². The van der Waals surface area contributed by atoms with Crippen molar-refractivity contribution in [1.82, 2.24) is 19.6 Å². The van der Waals surface area contributed by atoms with E-state index in [-0.39, 0.29) is 31.9 Å². The minimum absolute atomic E-state index is 0.0116. The number of carbonyl (C=O) groups is 3. The summed E-state index contributed by atoms with van der Waals surface area (Å²) in [4.78, 5) is 36.3. The molecule has 0 saturated carbocycles. The van der Waals surface area contributed by atoms with Crippen LogP contribution in [0.4, 0.5) is 9.59 Å². The zero-order valence-corrected chi connectivity index (χ0v) is 10.0. The molecule has 3 amide bonds. The molecule has 0 unspecified atom stereocenters. The Morgan fingerprint density at radius 1 is 1.16 bits per heavy atom. The summed E-state index contributed by atoms with van der Waals surface area (Å²) >= 11 is 0. The number of carboxylic acid groups (broad SMARTS) is 1. The molecule has 0 radical (unpaired) electrons. The highest BCUT2D eigenvalue weighted by Crippen LogP contribution is 2.05. The fourth-order valence-electron chi connectivity index (χ4n) is 1.80. The van der Waals surface area contributed by atoms with Gasteiger partial charge in [-0.2, -0.15) is 9.78 Å². The van der Waals surface area contributed by atoms with Gasteiger partial charge in [-0.25, -0.2) is 9.59 Å². The first-order chi connectivity index (χ1) is 8.99. The van der Waals surface area contributed by atoms with Gasteiger partial charge in [0.2, 0.25) is 0 Å². The first kappa shape index (κ1) is 12.9. The van der Waals surface area contributed by atoms with Crippen LogP contribution in [0.15, 0.2) is 12.3 Å². The standard InChI is InChI=1S/C10H13N5O4/c11-8(16)7-1-2-15(12-7)9(17)13-3-5-14(6-4-13)10(18)19/h1-2H,3-6H2,(H2,11,16)(H,18,19). The average Bonchev–Trinajstić information content (AvgIpc) is 2.87. The minimum Gasteiger partial charge on any atom is -0.465 e. The van der Waals surface area contributed by atoms with Gasteiger partial charge >= 0.3 is 12.1 Å². The number of amides is 3. The lowest BCUT2D eigenvalue weighted by Gasteiger charge is -2.32. The van der Waals surface area contributed by atoms with Crippen molar-refractivity contribution in [2.45, 2.75) is 0 Å². The van der Waals surface area contributed by atoms with Crippen LogP contribution < -0.4 is 5.73 Å². The second-order valence-corrected chi connectivity index (χ2v) is 4.05. The highest BCUT2D eigenvalue weighted by molar-refractivity contribution is 5.91. The lowest BCUT2D eigenvalue weighted by molar-refractivity contribution is 0.0993. The summed E-state index contributed by atoms with van der Waals surface area (Å²) in [5.41, 5.74) is 5.06. The Labute approximate surface area is 108 Å². The van der Waals surface area contributed by atoms with Crippen LogP contribution >= 0.6 is 0 Å². The van der Waals surface area contributed by atoms with Gasteiger partial charge in [0.05, 0.1) is 0 Å². The molecular formula is C10H13N5O4. The summed E-state index contributed by atoms with van der Waals surface area (Å²) in [5, 5.41) is 12.6. The highest BCUT2D eigenvalue weighted by Gasteiger charge is 2.25. The summed E-state index contributed by atoms with van der Waals surface area (Å²) in [6, 6.07) is 0.950. The van der Waals surface area contributed by atoms with E-state index in [1.807, 2.05) is 0 Å². The Morgan fingerprint density at radius 3 is 2.21 bits per heavy atom. The fraction of sp³-hybridized carbons (Fsp3) is 0.400. The molecule has 1 aromatic rings. The third kappa shape index (κ3) is 2.64. The van der Waals surface area contributed by atoms with Gasteiger partial charge in [-0.1, -0.05) is 0 Å². The second-order valence-electron chi connectivity index (χ2n) is 4.05. The molecule has 3 N–H and O–H groups in total. The number of hydrogen-bond donors (Lipinski definition) is 2. The molecule has 102 valence electrons. The van der Waals surface area contributed by atoms with Gasteiger partial charge in [-0.3, -0.25) is 4.79 Å². The number of rotatable bonds is 1. The number of nitrogens with two attached hydrogens (primary N) is 1. The SMILES string of the molecule is NC(=O)c1ccn(C(=O)N2CCN(C(=O)O)CC2)n1. The van der Waals surface area contributed by atoms with Gasteiger partial charge in [0.1, 0.15) is 0 Å². The molecule has 0 aromatic carbocycles. The van der Waals surface area contributed by atoms with Gasteiger partial charge in [-0.15, -0.1) is 0 Å². The topological polar surface area (TPSA) is 122 Å². The van der Waals surface area contributed by atoms with Crippen LogP contribution in [0.25, 0.3) is 0 Å². The molecule has 0 bridgehead atoms. The molecule has 9 nitrogen and oxygen atoms in total. The molecule has 19 heavy (non-hydrogen) atoms. The maximum atomic E-state index is 12.0. The van der Waals surface area contributed by atoms with Crippen molar-refractivity contribution in [1.29, 1.82) is 0 Å². The van der Waals surface area contributed by atoms with Crippen molar-refractivity contribution >= 4 is 18.0 Å². The fourth-order valence-corrected chi connectivity index (χ4v) is 1.80. The monoisotopic (exact) mass is 267 g/mol. The Morgan fingerprint density at radius 2 is 1.74 bits per heavy atom. The molecule has 1 saturated heterocycles. The number of aromatic nitrogens is 2. The van der Waals surface area contributed by atoms with Crippen molar-refractivity contribution in [3.05, 3.63) is 18.0 Å². The van der Waals surface area contributed by atoms with Gasteiger partial charge in [0.15, 0.2) is 5.69 Å². The quantitative estimate of drug-likeness (QED) is 0.693. The zero-order valence-electron chi connectivity index (χ0n) is 10.0. The molecule has 2 heterocycles. The van der Waals surface area contributed by atoms with Gasteiger partial charge in [0, 0.05) is 32.4 Å². The predicted molar refractivity (Wildman–Crippen MR) is 62.7 cm³/mol. The molecule has 1 fully saturated rings. The molecule has 1 aliphatic heterocycles. The van der Waals surface area contributed by atoms with Crippen LogP contribution in [0.2, 0.25) is 0 Å². The molecular weight excluding hydrogens is 254 g/mol. The lowest BCUT2D eigenvalue weighted by atomic mass is 10.3. The zero-order chi connectivity index (χ0) is 14.0. The van der Waals surface area contributed by atoms with Crippen LogP contribution in [0.5, 0.6) is 0 Å².